The van der Waals surface area contributed by atoms with Crippen LogP contribution in [0.5, 0.6) is 17.2 Å². The molecular weight excluding hydrogens is 306 g/mol. The molecular formula is C19H23NO4. The average Bonchev–Trinajstić information content (AvgIpc) is 2.60. The van der Waals surface area contributed by atoms with Gasteiger partial charge in [-0.15, -0.1) is 0 Å². The first kappa shape index (κ1) is 17.7. The quantitative estimate of drug-likeness (QED) is 0.757. The number of methoxy groups -OCH3 is 1. The third-order valence-electron chi connectivity index (χ3n) is 3.43. The maximum Gasteiger partial charge on any atom is 0.260 e. The summed E-state index contributed by atoms with van der Waals surface area (Å²) in [5.74, 6) is 1.72. The number of hydrogen-bond donors (Lipinski definition) is 1. The van der Waals surface area contributed by atoms with Gasteiger partial charge in [0, 0.05) is 0 Å². The van der Waals surface area contributed by atoms with E-state index in [1.807, 2.05) is 43.3 Å². The fraction of sp³-hybridized carbons (Fsp3) is 0.316. The van der Waals surface area contributed by atoms with E-state index in [0.717, 1.165) is 5.75 Å². The summed E-state index contributed by atoms with van der Waals surface area (Å²) in [4.78, 5) is 12.1. The minimum Gasteiger partial charge on any atom is -0.493 e. The highest BCUT2D eigenvalue weighted by Gasteiger charge is 2.16. The molecule has 0 spiro atoms. The number of rotatable bonds is 8. The molecule has 0 aliphatic rings. The van der Waals surface area contributed by atoms with Crippen molar-refractivity contribution in [1.29, 1.82) is 0 Å². The molecule has 24 heavy (non-hydrogen) atoms. The van der Waals surface area contributed by atoms with Gasteiger partial charge in [-0.3, -0.25) is 4.79 Å². The van der Waals surface area contributed by atoms with Crippen LogP contribution in [0.3, 0.4) is 0 Å². The summed E-state index contributed by atoms with van der Waals surface area (Å²) in [7, 11) is 1.56. The van der Waals surface area contributed by atoms with Crippen molar-refractivity contribution in [2.45, 2.75) is 20.0 Å². The van der Waals surface area contributed by atoms with Crippen LogP contribution in [0.2, 0.25) is 0 Å². The van der Waals surface area contributed by atoms with Crippen LogP contribution in [-0.4, -0.2) is 32.3 Å². The predicted molar refractivity (Wildman–Crippen MR) is 92.8 cm³/mol. The number of para-hydroxylation sites is 2. The Balaban J connectivity index is 1.74. The van der Waals surface area contributed by atoms with E-state index in [9.17, 15) is 4.79 Å². The molecule has 0 fully saturated rings. The summed E-state index contributed by atoms with van der Waals surface area (Å²) in [5.41, 5.74) is 1.18. The number of benzene rings is 2. The van der Waals surface area contributed by atoms with Gasteiger partial charge < -0.3 is 19.5 Å². The third kappa shape index (κ3) is 5.19. The Morgan fingerprint density at radius 3 is 2.42 bits per heavy atom. The molecule has 0 aliphatic carbocycles. The van der Waals surface area contributed by atoms with E-state index in [-0.39, 0.29) is 5.91 Å². The van der Waals surface area contributed by atoms with Crippen molar-refractivity contribution in [3.63, 3.8) is 0 Å². The molecule has 1 amide bonds. The number of amides is 1. The molecule has 0 saturated carbocycles. The van der Waals surface area contributed by atoms with E-state index in [1.54, 1.807) is 26.2 Å². The number of ether oxygens (including phenoxy) is 3. The van der Waals surface area contributed by atoms with Gasteiger partial charge >= 0.3 is 0 Å². The molecule has 2 aromatic carbocycles. The Hall–Kier alpha value is -2.69. The fourth-order valence-corrected chi connectivity index (χ4v) is 2.08. The lowest BCUT2D eigenvalue weighted by atomic mass is 10.2. The number of carbonyl (C=O) groups excluding carboxylic acids is 1. The first-order chi connectivity index (χ1) is 11.6. The number of nitrogens with one attached hydrogen (secondary N) is 1. The van der Waals surface area contributed by atoms with Crippen LogP contribution in [0, 0.1) is 6.92 Å². The summed E-state index contributed by atoms with van der Waals surface area (Å²) >= 11 is 0. The SMILES string of the molecule is COc1ccccc1OC(C)C(=O)NCCOc1ccc(C)cc1. The van der Waals surface area contributed by atoms with Crippen LogP contribution in [-0.2, 0) is 4.79 Å². The van der Waals surface area contributed by atoms with Gasteiger partial charge in [0.2, 0.25) is 0 Å². The fourth-order valence-electron chi connectivity index (χ4n) is 2.08. The zero-order valence-corrected chi connectivity index (χ0v) is 14.2. The summed E-state index contributed by atoms with van der Waals surface area (Å²) < 4.78 is 16.4. The van der Waals surface area contributed by atoms with E-state index in [1.165, 1.54) is 5.56 Å². The van der Waals surface area contributed by atoms with E-state index < -0.39 is 6.10 Å². The molecule has 1 atom stereocenters. The van der Waals surface area contributed by atoms with E-state index in [4.69, 9.17) is 14.2 Å². The molecule has 0 saturated heterocycles. The van der Waals surface area contributed by atoms with Crippen LogP contribution in [0.4, 0.5) is 0 Å². The van der Waals surface area contributed by atoms with E-state index >= 15 is 0 Å². The van der Waals surface area contributed by atoms with Crippen molar-refractivity contribution in [3.05, 3.63) is 54.1 Å². The Morgan fingerprint density at radius 2 is 1.75 bits per heavy atom. The van der Waals surface area contributed by atoms with Gasteiger partial charge in [0.1, 0.15) is 12.4 Å². The Bertz CT molecular complexity index is 655. The monoisotopic (exact) mass is 329 g/mol. The van der Waals surface area contributed by atoms with Crippen LogP contribution >= 0.6 is 0 Å². The first-order valence-electron chi connectivity index (χ1n) is 7.87. The maximum absolute atomic E-state index is 12.1. The molecule has 2 rings (SSSR count). The normalized spacial score (nSPS) is 11.5. The van der Waals surface area contributed by atoms with Crippen LogP contribution in [0.15, 0.2) is 48.5 Å². The standard InChI is InChI=1S/C19H23NO4/c1-14-8-10-16(11-9-14)23-13-12-20-19(21)15(2)24-18-7-5-4-6-17(18)22-3/h4-11,15H,12-13H2,1-3H3,(H,20,21). The molecule has 2 aromatic rings. The van der Waals surface area contributed by atoms with Crippen LogP contribution in [0.1, 0.15) is 12.5 Å². The van der Waals surface area contributed by atoms with Gasteiger partial charge in [-0.05, 0) is 38.1 Å². The highest BCUT2D eigenvalue weighted by atomic mass is 16.5. The molecule has 1 N–H and O–H groups in total. The number of hydrogen-bond acceptors (Lipinski definition) is 4. The second kappa shape index (κ2) is 8.82. The minimum absolute atomic E-state index is 0.201. The second-order valence-corrected chi connectivity index (χ2v) is 5.36. The number of carbonyl (C=O) groups is 1. The largest absolute Gasteiger partial charge is 0.493 e. The summed E-state index contributed by atoms with van der Waals surface area (Å²) in [5, 5.41) is 2.79. The van der Waals surface area contributed by atoms with Crippen LogP contribution < -0.4 is 19.5 Å². The van der Waals surface area contributed by atoms with Gasteiger partial charge in [-0.2, -0.15) is 0 Å². The lowest BCUT2D eigenvalue weighted by Crippen LogP contribution is -2.38. The van der Waals surface area contributed by atoms with Crippen molar-refractivity contribution in [2.75, 3.05) is 20.3 Å². The van der Waals surface area contributed by atoms with Crippen molar-refractivity contribution < 1.29 is 19.0 Å². The molecule has 0 aliphatic heterocycles. The van der Waals surface area contributed by atoms with E-state index in [2.05, 4.69) is 5.32 Å². The Kier molecular flexibility index (Phi) is 6.49. The van der Waals surface area contributed by atoms with Gasteiger partial charge in [0.05, 0.1) is 13.7 Å². The minimum atomic E-state index is -0.624. The molecule has 5 nitrogen and oxygen atoms in total. The summed E-state index contributed by atoms with van der Waals surface area (Å²) in [6.07, 6.45) is -0.624. The topological polar surface area (TPSA) is 56.8 Å². The highest BCUT2D eigenvalue weighted by Crippen LogP contribution is 2.26. The average molecular weight is 329 g/mol. The molecule has 1 unspecified atom stereocenters. The van der Waals surface area contributed by atoms with Crippen molar-refractivity contribution in [1.82, 2.24) is 5.32 Å². The lowest BCUT2D eigenvalue weighted by Gasteiger charge is -2.16. The van der Waals surface area contributed by atoms with Crippen molar-refractivity contribution >= 4 is 5.91 Å². The van der Waals surface area contributed by atoms with Gasteiger partial charge in [-0.1, -0.05) is 29.8 Å². The first-order valence-corrected chi connectivity index (χ1v) is 7.87. The predicted octanol–water partition coefficient (Wildman–Crippen LogP) is 2.97. The van der Waals surface area contributed by atoms with Crippen LogP contribution in [0.25, 0.3) is 0 Å². The highest BCUT2D eigenvalue weighted by molar-refractivity contribution is 5.80. The Labute approximate surface area is 142 Å². The second-order valence-electron chi connectivity index (χ2n) is 5.36. The van der Waals surface area contributed by atoms with E-state index in [0.29, 0.717) is 24.7 Å². The summed E-state index contributed by atoms with van der Waals surface area (Å²) in [6, 6.07) is 15.0. The number of aryl methyl sites for hydroxylation is 1. The zero-order valence-electron chi connectivity index (χ0n) is 14.2. The molecule has 0 radical (unpaired) electrons. The molecule has 0 bridgehead atoms. The molecule has 0 aromatic heterocycles. The Morgan fingerprint density at radius 1 is 1.08 bits per heavy atom. The van der Waals surface area contributed by atoms with Gasteiger partial charge in [0.25, 0.3) is 5.91 Å². The van der Waals surface area contributed by atoms with Crippen molar-refractivity contribution in [3.8, 4) is 17.2 Å². The molecule has 5 heteroatoms. The molecule has 0 heterocycles. The molecule has 128 valence electrons. The summed E-state index contributed by atoms with van der Waals surface area (Å²) in [6.45, 7) is 4.53. The zero-order chi connectivity index (χ0) is 17.4. The smallest absolute Gasteiger partial charge is 0.260 e. The maximum atomic E-state index is 12.1. The van der Waals surface area contributed by atoms with Gasteiger partial charge in [-0.25, -0.2) is 0 Å². The van der Waals surface area contributed by atoms with Crippen molar-refractivity contribution in [2.24, 2.45) is 0 Å². The lowest BCUT2D eigenvalue weighted by molar-refractivity contribution is -0.127. The third-order valence-corrected chi connectivity index (χ3v) is 3.43. The van der Waals surface area contributed by atoms with Gasteiger partial charge in [0.15, 0.2) is 17.6 Å².